The molecule has 4 nitrogen and oxygen atoms in total. The van der Waals surface area contributed by atoms with Crippen molar-refractivity contribution in [1.82, 2.24) is 0 Å². The Morgan fingerprint density at radius 3 is 2.37 bits per heavy atom. The highest BCUT2D eigenvalue weighted by atomic mass is 32.2. The summed E-state index contributed by atoms with van der Waals surface area (Å²) in [6.07, 6.45) is 0. The quantitative estimate of drug-likeness (QED) is 0.843. The molecule has 0 unspecified atom stereocenters. The van der Waals surface area contributed by atoms with Crippen LogP contribution in [0.2, 0.25) is 0 Å². The first-order chi connectivity index (χ1) is 9.10. The number of esters is 1. The zero-order valence-corrected chi connectivity index (χ0v) is 11.0. The van der Waals surface area contributed by atoms with E-state index in [1.165, 1.54) is 24.9 Å². The molecular weight excluding hydrogens is 264 g/mol. The lowest BCUT2D eigenvalue weighted by atomic mass is 10.2. The highest BCUT2D eigenvalue weighted by Crippen LogP contribution is 2.35. The van der Waals surface area contributed by atoms with Crippen molar-refractivity contribution in [1.29, 1.82) is 0 Å². The Labute approximate surface area is 114 Å². The third-order valence-corrected chi connectivity index (χ3v) is 3.52. The van der Waals surface area contributed by atoms with Crippen molar-refractivity contribution in [2.45, 2.75) is 9.79 Å². The van der Waals surface area contributed by atoms with Gasteiger partial charge in [-0.15, -0.1) is 0 Å². The van der Waals surface area contributed by atoms with E-state index in [9.17, 15) is 15.0 Å². The summed E-state index contributed by atoms with van der Waals surface area (Å²) in [7, 11) is 1.29. The first-order valence-electron chi connectivity index (χ1n) is 5.48. The van der Waals surface area contributed by atoms with Crippen LogP contribution < -0.4 is 0 Å². The second-order valence-corrected chi connectivity index (χ2v) is 4.89. The van der Waals surface area contributed by atoms with Crippen molar-refractivity contribution >= 4 is 17.7 Å². The highest BCUT2D eigenvalue weighted by Gasteiger charge is 2.10. The van der Waals surface area contributed by atoms with Crippen LogP contribution in [0.3, 0.4) is 0 Å². The Morgan fingerprint density at radius 1 is 1.11 bits per heavy atom. The number of rotatable bonds is 3. The second kappa shape index (κ2) is 5.67. The van der Waals surface area contributed by atoms with E-state index in [0.29, 0.717) is 10.5 Å². The summed E-state index contributed by atoms with van der Waals surface area (Å²) in [5.74, 6) is -0.285. The molecule has 2 aromatic rings. The van der Waals surface area contributed by atoms with Crippen molar-refractivity contribution in [2.75, 3.05) is 7.11 Å². The number of phenols is 2. The van der Waals surface area contributed by atoms with Crippen LogP contribution in [-0.2, 0) is 4.74 Å². The number of benzene rings is 2. The third-order valence-electron chi connectivity index (χ3n) is 2.44. The molecule has 0 aliphatic heterocycles. The van der Waals surface area contributed by atoms with E-state index in [1.807, 2.05) is 0 Å². The van der Waals surface area contributed by atoms with Crippen LogP contribution in [0, 0.1) is 0 Å². The zero-order valence-electron chi connectivity index (χ0n) is 10.2. The van der Waals surface area contributed by atoms with Gasteiger partial charge in [0.25, 0.3) is 0 Å². The molecule has 0 fully saturated rings. The molecule has 5 heteroatoms. The summed E-state index contributed by atoms with van der Waals surface area (Å²) in [5.41, 5.74) is 0.301. The first-order valence-corrected chi connectivity index (χ1v) is 6.30. The van der Waals surface area contributed by atoms with Gasteiger partial charge in [0.2, 0.25) is 0 Å². The van der Waals surface area contributed by atoms with Crippen LogP contribution >= 0.6 is 11.8 Å². The van der Waals surface area contributed by atoms with Crippen LogP contribution in [0.1, 0.15) is 10.4 Å². The fourth-order valence-corrected chi connectivity index (χ4v) is 2.32. The van der Waals surface area contributed by atoms with E-state index in [0.717, 1.165) is 4.90 Å². The highest BCUT2D eigenvalue weighted by molar-refractivity contribution is 7.99. The van der Waals surface area contributed by atoms with Gasteiger partial charge in [0, 0.05) is 4.90 Å². The molecule has 0 aromatic heterocycles. The SMILES string of the molecule is COC(=O)c1ccc(Sc2ccc(O)cc2)c(O)c1. The number of carbonyl (C=O) groups excluding carboxylic acids is 1. The minimum Gasteiger partial charge on any atom is -0.508 e. The molecule has 0 saturated heterocycles. The predicted octanol–water partition coefficient (Wildman–Crippen LogP) is 3.04. The van der Waals surface area contributed by atoms with Gasteiger partial charge < -0.3 is 14.9 Å². The number of hydrogen-bond acceptors (Lipinski definition) is 5. The number of phenolic OH excluding ortho intramolecular Hbond substituents is 2. The molecule has 2 aromatic carbocycles. The average Bonchev–Trinajstić information content (AvgIpc) is 2.42. The van der Waals surface area contributed by atoms with Crippen molar-refractivity contribution < 1.29 is 19.7 Å². The fraction of sp³-hybridized carbons (Fsp3) is 0.0714. The molecule has 0 aliphatic carbocycles. The van der Waals surface area contributed by atoms with E-state index >= 15 is 0 Å². The molecule has 0 aliphatic rings. The van der Waals surface area contributed by atoms with Crippen molar-refractivity contribution in [2.24, 2.45) is 0 Å². The van der Waals surface area contributed by atoms with Gasteiger partial charge in [-0.3, -0.25) is 0 Å². The predicted molar refractivity (Wildman–Crippen MR) is 71.7 cm³/mol. The third kappa shape index (κ3) is 3.20. The molecule has 0 spiro atoms. The van der Waals surface area contributed by atoms with Crippen LogP contribution in [0.25, 0.3) is 0 Å². The van der Waals surface area contributed by atoms with Crippen molar-refractivity contribution in [3.05, 3.63) is 48.0 Å². The first kappa shape index (κ1) is 13.3. The summed E-state index contributed by atoms with van der Waals surface area (Å²) < 4.78 is 4.58. The van der Waals surface area contributed by atoms with Crippen molar-refractivity contribution in [3.8, 4) is 11.5 Å². The van der Waals surface area contributed by atoms with E-state index in [-0.39, 0.29) is 11.5 Å². The molecule has 0 bridgehead atoms. The summed E-state index contributed by atoms with van der Waals surface area (Å²) in [6, 6.07) is 11.2. The Hall–Kier alpha value is -2.14. The molecule has 0 radical (unpaired) electrons. The van der Waals surface area contributed by atoms with E-state index in [1.54, 1.807) is 36.4 Å². The topological polar surface area (TPSA) is 66.8 Å². The molecule has 19 heavy (non-hydrogen) atoms. The summed E-state index contributed by atoms with van der Waals surface area (Å²) in [6.45, 7) is 0. The van der Waals surface area contributed by atoms with Crippen LogP contribution in [-0.4, -0.2) is 23.3 Å². The summed E-state index contributed by atoms with van der Waals surface area (Å²) >= 11 is 1.34. The van der Waals surface area contributed by atoms with Gasteiger partial charge >= 0.3 is 5.97 Å². The maximum Gasteiger partial charge on any atom is 0.337 e. The van der Waals surface area contributed by atoms with E-state index in [4.69, 9.17) is 0 Å². The minimum atomic E-state index is -0.489. The summed E-state index contributed by atoms with van der Waals surface area (Å²) in [4.78, 5) is 12.8. The van der Waals surface area contributed by atoms with Gasteiger partial charge in [-0.05, 0) is 42.5 Å². The molecule has 0 saturated carbocycles. The van der Waals surface area contributed by atoms with E-state index < -0.39 is 5.97 Å². The van der Waals surface area contributed by atoms with Gasteiger partial charge in [-0.25, -0.2) is 4.79 Å². The standard InChI is InChI=1S/C14H12O4S/c1-18-14(17)9-2-7-13(12(16)8-9)19-11-5-3-10(15)4-6-11/h2-8,15-16H,1H3. The lowest BCUT2D eigenvalue weighted by molar-refractivity contribution is 0.0600. The van der Waals surface area contributed by atoms with Crippen LogP contribution in [0.15, 0.2) is 52.3 Å². The number of hydrogen-bond donors (Lipinski definition) is 2. The Balaban J connectivity index is 2.22. The number of aromatic hydroxyl groups is 2. The Morgan fingerprint density at radius 2 is 1.79 bits per heavy atom. The largest absolute Gasteiger partial charge is 0.508 e. The molecule has 0 heterocycles. The molecule has 98 valence electrons. The fourth-order valence-electron chi connectivity index (χ4n) is 1.49. The minimum absolute atomic E-state index is 0.0148. The van der Waals surface area contributed by atoms with Gasteiger partial charge in [-0.2, -0.15) is 0 Å². The molecule has 2 rings (SSSR count). The normalized spacial score (nSPS) is 10.2. The lowest BCUT2D eigenvalue weighted by Crippen LogP contribution is -2.00. The number of ether oxygens (including phenoxy) is 1. The molecule has 0 atom stereocenters. The number of methoxy groups -OCH3 is 1. The van der Waals surface area contributed by atoms with Crippen molar-refractivity contribution in [3.63, 3.8) is 0 Å². The maximum absolute atomic E-state index is 11.3. The van der Waals surface area contributed by atoms with Crippen LogP contribution in [0.5, 0.6) is 11.5 Å². The Kier molecular flexibility index (Phi) is 3.97. The van der Waals surface area contributed by atoms with Gasteiger partial charge in [-0.1, -0.05) is 11.8 Å². The van der Waals surface area contributed by atoms with E-state index in [2.05, 4.69) is 4.74 Å². The second-order valence-electron chi connectivity index (χ2n) is 3.77. The molecule has 2 N–H and O–H groups in total. The van der Waals surface area contributed by atoms with Gasteiger partial charge in [0.1, 0.15) is 11.5 Å². The Bertz CT molecular complexity index is 593. The van der Waals surface area contributed by atoms with Crippen LogP contribution in [0.4, 0.5) is 0 Å². The monoisotopic (exact) mass is 276 g/mol. The molecule has 0 amide bonds. The van der Waals surface area contributed by atoms with Gasteiger partial charge in [0.05, 0.1) is 17.6 Å². The van der Waals surface area contributed by atoms with Gasteiger partial charge in [0.15, 0.2) is 0 Å². The molecular formula is C14H12O4S. The smallest absolute Gasteiger partial charge is 0.337 e. The lowest BCUT2D eigenvalue weighted by Gasteiger charge is -2.06. The number of carbonyl (C=O) groups is 1. The maximum atomic E-state index is 11.3. The summed E-state index contributed by atoms with van der Waals surface area (Å²) in [5, 5.41) is 19.1. The zero-order chi connectivity index (χ0) is 13.8. The average molecular weight is 276 g/mol.